The first-order valence-corrected chi connectivity index (χ1v) is 13.4. The van der Waals surface area contributed by atoms with Crippen LogP contribution >= 0.6 is 0 Å². The van der Waals surface area contributed by atoms with E-state index >= 15 is 0 Å². The maximum Gasteiger partial charge on any atom is 0.127 e. The standard InChI is InChI=1S/C32H24OSi/c1-34(2)31-18-10-9-17-29(31)33-30-19-27-25-15-7-5-13-23(25)21-11-3-4-12-22(21)24-14-6-8-16-26(24)28(27)20-32(30)34/h3-20H,1-2H3/i1D3,2D3. The Morgan fingerprint density at radius 2 is 0.912 bits per heavy atom. The Hall–Kier alpha value is -3.88. The third-order valence-electron chi connectivity index (χ3n) is 6.98. The van der Waals surface area contributed by atoms with E-state index in [1.165, 1.54) is 0 Å². The number of para-hydroxylation sites is 1. The quantitative estimate of drug-likeness (QED) is 0.213. The smallest absolute Gasteiger partial charge is 0.127 e. The third kappa shape index (κ3) is 2.66. The molecule has 0 bridgehead atoms. The number of benzene rings is 5. The summed E-state index contributed by atoms with van der Waals surface area (Å²) in [5.41, 5.74) is 7.75. The minimum atomic E-state index is -4.42. The fraction of sp³-hybridized carbons (Fsp3) is 0.0625. The van der Waals surface area contributed by atoms with Gasteiger partial charge in [-0.2, -0.15) is 0 Å². The van der Waals surface area contributed by atoms with Gasteiger partial charge in [0.2, 0.25) is 0 Å². The second-order valence-corrected chi connectivity index (χ2v) is 11.5. The van der Waals surface area contributed by atoms with Crippen LogP contribution in [0.2, 0.25) is 13.0 Å². The first kappa shape index (κ1) is 14.4. The summed E-state index contributed by atoms with van der Waals surface area (Å²) >= 11 is 0. The van der Waals surface area contributed by atoms with Crippen LogP contribution in [0, 0.1) is 0 Å². The van der Waals surface area contributed by atoms with Crippen molar-refractivity contribution in [2.45, 2.75) is 13.0 Å². The third-order valence-corrected chi connectivity index (χ3v) is 9.40. The molecule has 0 fully saturated rings. The molecule has 0 saturated carbocycles. The minimum absolute atomic E-state index is 0.283. The zero-order valence-corrected chi connectivity index (χ0v) is 19.3. The molecule has 0 amide bonds. The van der Waals surface area contributed by atoms with Gasteiger partial charge in [-0.3, -0.25) is 0 Å². The van der Waals surface area contributed by atoms with Crippen LogP contribution in [0.1, 0.15) is 8.22 Å². The zero-order valence-electron chi connectivity index (χ0n) is 24.3. The van der Waals surface area contributed by atoms with Crippen molar-refractivity contribution in [1.29, 1.82) is 0 Å². The van der Waals surface area contributed by atoms with E-state index in [0.717, 1.165) is 44.5 Å². The maximum absolute atomic E-state index is 8.75. The fourth-order valence-electron chi connectivity index (χ4n) is 5.39. The van der Waals surface area contributed by atoms with E-state index in [9.17, 15) is 0 Å². The molecule has 0 radical (unpaired) electrons. The second kappa shape index (κ2) is 7.06. The van der Waals surface area contributed by atoms with Gasteiger partial charge in [0, 0.05) is 8.22 Å². The lowest BCUT2D eigenvalue weighted by Crippen LogP contribution is -2.56. The van der Waals surface area contributed by atoms with Crippen molar-refractivity contribution in [3.05, 3.63) is 109 Å². The summed E-state index contributed by atoms with van der Waals surface area (Å²) in [5.74, 6) is 0.608. The Kier molecular flexibility index (Phi) is 2.99. The van der Waals surface area contributed by atoms with Crippen molar-refractivity contribution in [1.82, 2.24) is 0 Å². The molecule has 2 heteroatoms. The number of fused-ring (bicyclic) bond motifs is 10. The number of hydrogen-bond donors (Lipinski definition) is 0. The van der Waals surface area contributed by atoms with Crippen molar-refractivity contribution < 1.29 is 13.0 Å². The van der Waals surface area contributed by atoms with Crippen molar-refractivity contribution in [3.63, 3.8) is 0 Å². The molecule has 5 aromatic carbocycles. The van der Waals surface area contributed by atoms with Crippen LogP contribution in [0.4, 0.5) is 0 Å². The molecule has 0 saturated heterocycles. The molecule has 1 aliphatic carbocycles. The summed E-state index contributed by atoms with van der Waals surface area (Å²) in [7, 11) is -4.42. The molecule has 2 aliphatic rings. The summed E-state index contributed by atoms with van der Waals surface area (Å²) in [6.07, 6.45) is 0. The van der Waals surface area contributed by atoms with Crippen LogP contribution in [0.15, 0.2) is 109 Å². The SMILES string of the molecule is [2H]C([2H])([2H])[Si]1(C([2H])([2H])[2H])c2ccccc2Oc2cc3c(cc21)-c1ccccc1-c1ccccc1-c1ccccc1-3. The van der Waals surface area contributed by atoms with Crippen LogP contribution < -0.4 is 15.1 Å². The average molecular weight is 459 g/mol. The highest BCUT2D eigenvalue weighted by molar-refractivity contribution is 7.01. The van der Waals surface area contributed by atoms with Crippen molar-refractivity contribution in [2.75, 3.05) is 0 Å². The lowest BCUT2D eigenvalue weighted by molar-refractivity contribution is 0.487. The van der Waals surface area contributed by atoms with E-state index in [-0.39, 0.29) is 10.4 Å². The highest BCUT2D eigenvalue weighted by atomic mass is 28.3. The molecule has 1 aliphatic heterocycles. The molecule has 162 valence electrons. The molecular formula is C32H24OSi. The van der Waals surface area contributed by atoms with E-state index in [1.54, 1.807) is 24.3 Å². The van der Waals surface area contributed by atoms with E-state index in [4.69, 9.17) is 13.0 Å². The molecular weight excluding hydrogens is 428 g/mol. The minimum Gasteiger partial charge on any atom is -0.458 e. The first-order chi connectivity index (χ1) is 19.1. The number of rotatable bonds is 0. The van der Waals surface area contributed by atoms with Crippen molar-refractivity contribution >= 4 is 18.4 Å². The molecule has 0 atom stereocenters. The molecule has 34 heavy (non-hydrogen) atoms. The van der Waals surface area contributed by atoms with Gasteiger partial charge in [0.05, 0.1) is 0 Å². The summed E-state index contributed by atoms with van der Waals surface area (Å²) < 4.78 is 58.9. The number of ether oxygens (including phenoxy) is 1. The van der Waals surface area contributed by atoms with Gasteiger partial charge in [-0.1, -0.05) is 110 Å². The fourth-order valence-corrected chi connectivity index (χ4v) is 7.38. The lowest BCUT2D eigenvalue weighted by atomic mass is 9.81. The van der Waals surface area contributed by atoms with Gasteiger partial charge in [0.15, 0.2) is 0 Å². The summed E-state index contributed by atoms with van der Waals surface area (Å²) in [6, 6.07) is 34.9. The lowest BCUT2D eigenvalue weighted by Gasteiger charge is -2.34. The number of hydrogen-bond acceptors (Lipinski definition) is 1. The molecule has 1 nitrogen and oxygen atoms in total. The Morgan fingerprint density at radius 1 is 0.471 bits per heavy atom. The normalized spacial score (nSPS) is 17.4. The van der Waals surface area contributed by atoms with Crippen LogP contribution in [0.3, 0.4) is 0 Å². The molecule has 5 aromatic rings. The van der Waals surface area contributed by atoms with Gasteiger partial charge in [-0.05, 0) is 67.0 Å². The van der Waals surface area contributed by atoms with Crippen molar-refractivity contribution in [2.24, 2.45) is 0 Å². The molecule has 7 rings (SSSR count). The summed E-state index contributed by atoms with van der Waals surface area (Å²) in [6.45, 7) is -5.51. The monoisotopic (exact) mass is 458 g/mol. The highest BCUT2D eigenvalue weighted by Crippen LogP contribution is 2.48. The maximum atomic E-state index is 8.75. The van der Waals surface area contributed by atoms with Gasteiger partial charge in [0.25, 0.3) is 0 Å². The van der Waals surface area contributed by atoms with Gasteiger partial charge >= 0.3 is 0 Å². The average Bonchev–Trinajstić information content (AvgIpc) is 2.93. The van der Waals surface area contributed by atoms with Gasteiger partial charge in [-0.25, -0.2) is 0 Å². The predicted molar refractivity (Wildman–Crippen MR) is 145 cm³/mol. The zero-order chi connectivity index (χ0) is 27.9. The van der Waals surface area contributed by atoms with E-state index in [2.05, 4.69) is 30.3 Å². The van der Waals surface area contributed by atoms with Gasteiger partial charge < -0.3 is 4.74 Å². The Balaban J connectivity index is 1.66. The first-order valence-electron chi connectivity index (χ1n) is 14.4. The molecule has 1 heterocycles. The van der Waals surface area contributed by atoms with Crippen molar-refractivity contribution in [3.8, 4) is 56.0 Å². The van der Waals surface area contributed by atoms with E-state index < -0.39 is 21.0 Å². The highest BCUT2D eigenvalue weighted by Gasteiger charge is 2.37. The Bertz CT molecular complexity index is 1810. The van der Waals surface area contributed by atoms with Gasteiger partial charge in [-0.15, -0.1) is 0 Å². The second-order valence-electron chi connectivity index (χ2n) is 8.88. The molecule has 0 spiro atoms. The van der Waals surface area contributed by atoms with Gasteiger partial charge in [0.1, 0.15) is 19.6 Å². The van der Waals surface area contributed by atoms with Crippen LogP contribution in [-0.4, -0.2) is 8.07 Å². The van der Waals surface area contributed by atoms with Crippen LogP contribution in [0.5, 0.6) is 11.5 Å². The Morgan fingerprint density at radius 3 is 1.44 bits per heavy atom. The molecule has 0 N–H and O–H groups in total. The molecule has 0 aromatic heterocycles. The summed E-state index contributed by atoms with van der Waals surface area (Å²) in [5, 5.41) is 0.568. The van der Waals surface area contributed by atoms with E-state index in [1.807, 2.05) is 54.6 Å². The predicted octanol–water partition coefficient (Wildman–Crippen LogP) is 7.60. The Labute approximate surface area is 209 Å². The van der Waals surface area contributed by atoms with E-state index in [0.29, 0.717) is 11.5 Å². The largest absolute Gasteiger partial charge is 0.458 e. The van der Waals surface area contributed by atoms with Crippen LogP contribution in [0.25, 0.3) is 44.5 Å². The summed E-state index contributed by atoms with van der Waals surface area (Å²) in [4.78, 5) is 0. The topological polar surface area (TPSA) is 9.23 Å². The molecule has 0 unspecified atom stereocenters. The van der Waals surface area contributed by atoms with Crippen LogP contribution in [-0.2, 0) is 0 Å².